The standard InChI is InChI=1S/C17H19FN4OS/c1-22(2)16(14-5-6-24-11-14)10-21-17(23)20-9-13-4-3-12(8-19)7-15(13)18/h3-7,11,16H,9-10H2,1-2H3,(H2,20,21,23). The van der Waals surface area contributed by atoms with E-state index in [9.17, 15) is 9.18 Å². The van der Waals surface area contributed by atoms with E-state index in [1.807, 2.05) is 36.5 Å². The van der Waals surface area contributed by atoms with Gasteiger partial charge in [-0.2, -0.15) is 16.6 Å². The van der Waals surface area contributed by atoms with Crippen LogP contribution in [0.5, 0.6) is 0 Å². The first-order chi connectivity index (χ1) is 11.5. The Morgan fingerprint density at radius 2 is 2.17 bits per heavy atom. The predicted molar refractivity (Wildman–Crippen MR) is 92.1 cm³/mol. The number of hydrogen-bond acceptors (Lipinski definition) is 4. The number of carbonyl (C=O) groups is 1. The minimum atomic E-state index is -0.501. The SMILES string of the molecule is CN(C)C(CNC(=O)NCc1ccc(C#N)cc1F)c1ccsc1. The third-order valence-corrected chi connectivity index (χ3v) is 4.33. The second kappa shape index (κ2) is 8.43. The van der Waals surface area contributed by atoms with E-state index in [2.05, 4.69) is 16.0 Å². The maximum atomic E-state index is 13.8. The Morgan fingerprint density at radius 1 is 1.38 bits per heavy atom. The number of carbonyl (C=O) groups excluding carboxylic acids is 1. The van der Waals surface area contributed by atoms with E-state index in [0.29, 0.717) is 12.1 Å². The molecule has 0 aliphatic carbocycles. The molecule has 1 atom stereocenters. The Balaban J connectivity index is 1.86. The number of urea groups is 1. The highest BCUT2D eigenvalue weighted by Crippen LogP contribution is 2.19. The largest absolute Gasteiger partial charge is 0.336 e. The van der Waals surface area contributed by atoms with Gasteiger partial charge in [0.1, 0.15) is 5.82 Å². The first-order valence-electron chi connectivity index (χ1n) is 7.40. The number of halogens is 1. The van der Waals surface area contributed by atoms with Crippen molar-refractivity contribution in [2.45, 2.75) is 12.6 Å². The van der Waals surface area contributed by atoms with Crippen molar-refractivity contribution >= 4 is 17.4 Å². The van der Waals surface area contributed by atoms with Crippen molar-refractivity contribution in [3.8, 4) is 6.07 Å². The van der Waals surface area contributed by atoms with Gasteiger partial charge in [0.25, 0.3) is 0 Å². The molecule has 0 bridgehead atoms. The van der Waals surface area contributed by atoms with Crippen LogP contribution in [-0.2, 0) is 6.54 Å². The van der Waals surface area contributed by atoms with Crippen molar-refractivity contribution in [2.24, 2.45) is 0 Å². The van der Waals surface area contributed by atoms with Gasteiger partial charge in [-0.3, -0.25) is 0 Å². The van der Waals surface area contributed by atoms with Gasteiger partial charge in [-0.15, -0.1) is 0 Å². The number of benzene rings is 1. The number of nitrogens with one attached hydrogen (secondary N) is 2. The summed E-state index contributed by atoms with van der Waals surface area (Å²) in [6.45, 7) is 0.514. The Hall–Kier alpha value is -2.43. The highest BCUT2D eigenvalue weighted by atomic mass is 32.1. The average Bonchev–Trinajstić information content (AvgIpc) is 3.07. The summed E-state index contributed by atoms with van der Waals surface area (Å²) in [7, 11) is 3.90. The van der Waals surface area contributed by atoms with Crippen molar-refractivity contribution in [1.29, 1.82) is 5.26 Å². The molecule has 1 aromatic carbocycles. The van der Waals surface area contributed by atoms with E-state index in [1.54, 1.807) is 11.3 Å². The number of nitrogens with zero attached hydrogens (tertiary/aromatic N) is 2. The Kier molecular flexibility index (Phi) is 6.29. The number of rotatable bonds is 6. The molecule has 1 heterocycles. The van der Waals surface area contributed by atoms with Crippen LogP contribution in [0.4, 0.5) is 9.18 Å². The highest BCUT2D eigenvalue weighted by Gasteiger charge is 2.15. The Bertz CT molecular complexity index is 725. The quantitative estimate of drug-likeness (QED) is 0.845. The molecule has 2 N–H and O–H groups in total. The molecule has 1 aromatic heterocycles. The van der Waals surface area contributed by atoms with E-state index in [1.165, 1.54) is 12.1 Å². The van der Waals surface area contributed by atoms with E-state index < -0.39 is 5.82 Å². The Labute approximate surface area is 144 Å². The van der Waals surface area contributed by atoms with E-state index in [-0.39, 0.29) is 24.2 Å². The zero-order valence-electron chi connectivity index (χ0n) is 13.5. The Morgan fingerprint density at radius 3 is 2.75 bits per heavy atom. The fourth-order valence-corrected chi connectivity index (χ4v) is 2.96. The van der Waals surface area contributed by atoms with Crippen LogP contribution < -0.4 is 10.6 Å². The molecule has 5 nitrogen and oxygen atoms in total. The lowest BCUT2D eigenvalue weighted by Crippen LogP contribution is -2.40. The van der Waals surface area contributed by atoms with Gasteiger partial charge in [-0.1, -0.05) is 6.07 Å². The van der Waals surface area contributed by atoms with Crippen molar-refractivity contribution in [3.05, 3.63) is 57.5 Å². The van der Waals surface area contributed by atoms with Gasteiger partial charge < -0.3 is 15.5 Å². The van der Waals surface area contributed by atoms with Gasteiger partial charge in [0.2, 0.25) is 0 Å². The van der Waals surface area contributed by atoms with Gasteiger partial charge >= 0.3 is 6.03 Å². The summed E-state index contributed by atoms with van der Waals surface area (Å²) < 4.78 is 13.8. The van der Waals surface area contributed by atoms with Crippen LogP contribution in [0, 0.1) is 17.1 Å². The zero-order valence-corrected chi connectivity index (χ0v) is 14.4. The lowest BCUT2D eigenvalue weighted by molar-refractivity contribution is 0.232. The lowest BCUT2D eigenvalue weighted by atomic mass is 10.1. The van der Waals surface area contributed by atoms with Gasteiger partial charge in [0, 0.05) is 18.7 Å². The molecule has 2 aromatic rings. The van der Waals surface area contributed by atoms with Gasteiger partial charge in [0.05, 0.1) is 17.7 Å². The molecule has 2 rings (SSSR count). The van der Waals surface area contributed by atoms with Crippen molar-refractivity contribution < 1.29 is 9.18 Å². The topological polar surface area (TPSA) is 68.2 Å². The molecule has 126 valence electrons. The van der Waals surface area contributed by atoms with Gasteiger partial charge in [0.15, 0.2) is 0 Å². The summed E-state index contributed by atoms with van der Waals surface area (Å²) >= 11 is 1.61. The maximum absolute atomic E-state index is 13.8. The molecule has 0 fully saturated rings. The molecule has 1 unspecified atom stereocenters. The minimum Gasteiger partial charge on any atom is -0.336 e. The second-order valence-electron chi connectivity index (χ2n) is 5.52. The third kappa shape index (κ3) is 4.78. The van der Waals surface area contributed by atoms with Crippen LogP contribution in [0.2, 0.25) is 0 Å². The molecule has 0 aliphatic heterocycles. The molecule has 2 amide bonds. The second-order valence-corrected chi connectivity index (χ2v) is 6.30. The van der Waals surface area contributed by atoms with Crippen molar-refractivity contribution in [1.82, 2.24) is 15.5 Å². The van der Waals surface area contributed by atoms with E-state index in [0.717, 1.165) is 11.6 Å². The molecule has 0 saturated carbocycles. The molecule has 0 aliphatic rings. The summed E-state index contributed by atoms with van der Waals surface area (Å²) in [5, 5.41) is 18.2. The first-order valence-corrected chi connectivity index (χ1v) is 8.34. The number of thiophene rings is 1. The number of nitriles is 1. The number of likely N-dealkylation sites (N-methyl/N-ethyl adjacent to an activating group) is 1. The normalized spacial score (nSPS) is 11.8. The minimum absolute atomic E-state index is 0.0639. The fourth-order valence-electron chi connectivity index (χ4n) is 2.25. The van der Waals surface area contributed by atoms with Crippen LogP contribution >= 0.6 is 11.3 Å². The van der Waals surface area contributed by atoms with Crippen LogP contribution in [0.1, 0.15) is 22.7 Å². The third-order valence-electron chi connectivity index (χ3n) is 3.63. The number of hydrogen-bond donors (Lipinski definition) is 2. The smallest absolute Gasteiger partial charge is 0.315 e. The van der Waals surface area contributed by atoms with Crippen LogP contribution in [0.15, 0.2) is 35.0 Å². The molecular formula is C17H19FN4OS. The fraction of sp³-hybridized carbons (Fsp3) is 0.294. The zero-order chi connectivity index (χ0) is 17.5. The van der Waals surface area contributed by atoms with Crippen molar-refractivity contribution in [3.63, 3.8) is 0 Å². The predicted octanol–water partition coefficient (Wildman–Crippen LogP) is 2.86. The average molecular weight is 346 g/mol. The molecule has 24 heavy (non-hydrogen) atoms. The maximum Gasteiger partial charge on any atom is 0.315 e. The van der Waals surface area contributed by atoms with E-state index in [4.69, 9.17) is 5.26 Å². The summed E-state index contributed by atoms with van der Waals surface area (Å²) in [4.78, 5) is 14.0. The molecular weight excluding hydrogens is 327 g/mol. The van der Waals surface area contributed by atoms with Crippen LogP contribution in [-0.4, -0.2) is 31.6 Å². The summed E-state index contributed by atoms with van der Waals surface area (Å²) in [5.74, 6) is -0.501. The molecule has 0 radical (unpaired) electrons. The lowest BCUT2D eigenvalue weighted by Gasteiger charge is -2.24. The summed E-state index contributed by atoms with van der Waals surface area (Å²) in [5.41, 5.74) is 1.74. The highest BCUT2D eigenvalue weighted by molar-refractivity contribution is 7.07. The van der Waals surface area contributed by atoms with Crippen molar-refractivity contribution in [2.75, 3.05) is 20.6 Å². The monoisotopic (exact) mass is 346 g/mol. The van der Waals surface area contributed by atoms with Crippen LogP contribution in [0.25, 0.3) is 0 Å². The van der Waals surface area contributed by atoms with Gasteiger partial charge in [-0.05, 0) is 48.6 Å². The molecule has 7 heteroatoms. The van der Waals surface area contributed by atoms with Gasteiger partial charge in [-0.25, -0.2) is 9.18 Å². The number of amides is 2. The van der Waals surface area contributed by atoms with Crippen LogP contribution in [0.3, 0.4) is 0 Å². The first kappa shape index (κ1) is 17.9. The van der Waals surface area contributed by atoms with E-state index >= 15 is 0 Å². The molecule has 0 spiro atoms. The molecule has 0 saturated heterocycles. The summed E-state index contributed by atoms with van der Waals surface area (Å²) in [6, 6.07) is 7.81. The summed E-state index contributed by atoms with van der Waals surface area (Å²) in [6.07, 6.45) is 0.